The zero-order chi connectivity index (χ0) is 70.4. The minimum atomic E-state index is -5.35. The fraction of sp³-hybridized carbons (Fsp3) is 0.534. The number of benzene rings is 3. The molecular weight excluding hydrogens is 1350 g/mol. The third-order valence-electron chi connectivity index (χ3n) is 16.9. The Bertz CT molecular complexity index is 4010. The highest BCUT2D eigenvalue weighted by Gasteiger charge is 2.55. The van der Waals surface area contributed by atoms with Gasteiger partial charge in [-0.05, 0) is 86.7 Å². The maximum Gasteiger partial charge on any atom is 0.338 e. The van der Waals surface area contributed by atoms with Crippen LogP contribution >= 0.6 is 0 Å². The van der Waals surface area contributed by atoms with Gasteiger partial charge in [-0.25, -0.2) is 9.59 Å². The highest BCUT2D eigenvalue weighted by atomic mass is 32.2. The van der Waals surface area contributed by atoms with E-state index in [0.717, 1.165) is 25.3 Å². The lowest BCUT2D eigenvalue weighted by molar-refractivity contribution is -0.347. The van der Waals surface area contributed by atoms with Crippen molar-refractivity contribution in [3.63, 3.8) is 0 Å². The number of aromatic nitrogens is 5. The van der Waals surface area contributed by atoms with Crippen LogP contribution in [0, 0.1) is 11.8 Å². The molecule has 14 N–H and O–H groups in total. The second kappa shape index (κ2) is 31.1. The number of hydrogen-bond acceptors (Lipinski definition) is 28. The van der Waals surface area contributed by atoms with Crippen molar-refractivity contribution in [1.82, 2.24) is 35.6 Å². The van der Waals surface area contributed by atoms with E-state index in [1.165, 1.54) is 42.1 Å². The van der Waals surface area contributed by atoms with Gasteiger partial charge < -0.3 is 85.2 Å². The van der Waals surface area contributed by atoms with Crippen molar-refractivity contribution in [3.8, 4) is 11.9 Å². The monoisotopic (exact) mass is 1420 g/mol. The number of fused-ring (bicyclic) bond motifs is 1. The fourth-order valence-corrected chi connectivity index (χ4v) is 14.0. The Kier molecular flexibility index (Phi) is 23.6. The van der Waals surface area contributed by atoms with Crippen LogP contribution in [0.3, 0.4) is 0 Å². The van der Waals surface area contributed by atoms with Gasteiger partial charge in [0.25, 0.3) is 36.3 Å². The van der Waals surface area contributed by atoms with E-state index in [0.29, 0.717) is 42.8 Å². The summed E-state index contributed by atoms with van der Waals surface area (Å²) in [5.74, 6) is -7.43. The first-order chi connectivity index (χ1) is 45.7. The van der Waals surface area contributed by atoms with Crippen LogP contribution in [0.15, 0.2) is 81.5 Å². The number of nitrogens with zero attached hydrogens (tertiary/aromatic N) is 5. The van der Waals surface area contributed by atoms with E-state index in [9.17, 15) is 104 Å². The minimum absolute atomic E-state index is 0.0259. The number of ether oxygens (including phenoxy) is 6. The number of aryl methyl sites for hydroxylation is 2. The summed E-state index contributed by atoms with van der Waals surface area (Å²) in [6, 6.07) is 7.97. The summed E-state index contributed by atoms with van der Waals surface area (Å²) >= 11 is 0. The Morgan fingerprint density at radius 3 is 2.11 bits per heavy atom. The van der Waals surface area contributed by atoms with Gasteiger partial charge in [-0.15, -0.1) is 5.10 Å². The summed E-state index contributed by atoms with van der Waals surface area (Å²) in [7, 11) is -15.6. The third-order valence-corrected chi connectivity index (χ3v) is 19.5. The molecule has 4 aliphatic rings. The van der Waals surface area contributed by atoms with Crippen LogP contribution in [0.25, 0.3) is 10.8 Å². The molecule has 3 aromatic carbocycles. The van der Waals surface area contributed by atoms with Crippen LogP contribution in [0.1, 0.15) is 97.7 Å². The zero-order valence-corrected chi connectivity index (χ0v) is 53.8. The third kappa shape index (κ3) is 18.4. The van der Waals surface area contributed by atoms with Gasteiger partial charge in [0.15, 0.2) is 24.8 Å². The Morgan fingerprint density at radius 2 is 1.46 bits per heavy atom. The Balaban J connectivity index is 0.964. The lowest BCUT2D eigenvalue weighted by Gasteiger charge is -2.48. The van der Waals surface area contributed by atoms with Gasteiger partial charge in [-0.2, -0.15) is 35.2 Å². The molecule has 9 rings (SSSR count). The molecule has 5 aromatic rings. The molecule has 14 unspecified atom stereocenters. The van der Waals surface area contributed by atoms with Gasteiger partial charge in [0, 0.05) is 36.5 Å². The smallest absolute Gasteiger partial charge is 0.338 e. The number of hydrogen-bond donors (Lipinski definition) is 14. The SMILES string of the molecule is CC1OC(OC2C(NC(=O)c3cc(O)nc(O)n3)CC(C(=O)NCCCc3cn(CCC(=O)Nc4cc(S(=O)(=O)O)cc5cc(S(=O)(=O)O)cc(S(=O)(=O)O)c45)nn3)CC2OC2OC(CO)C(O)C(O[C@@H](CC3CCCCC3)C(=O)O)C2OC(=O)c2ccccc2)C(O)C(O)C1O. The molecule has 39 heteroatoms. The van der Waals surface area contributed by atoms with Crippen LogP contribution in [-0.4, -0.2) is 233 Å². The molecule has 3 amide bonds. The quantitative estimate of drug-likeness (QED) is 0.0186. The first-order valence-electron chi connectivity index (χ1n) is 30.4. The molecular formula is C58H72N8O28S3. The topological polar surface area (TPSA) is 558 Å². The first-order valence-corrected chi connectivity index (χ1v) is 34.8. The fourth-order valence-electron chi connectivity index (χ4n) is 12.1. The van der Waals surface area contributed by atoms with Gasteiger partial charge in [-0.3, -0.25) is 32.7 Å². The van der Waals surface area contributed by atoms with Crippen LogP contribution in [0.4, 0.5) is 5.69 Å². The van der Waals surface area contributed by atoms with Crippen molar-refractivity contribution in [2.45, 2.75) is 185 Å². The van der Waals surface area contributed by atoms with Crippen molar-refractivity contribution in [2.75, 3.05) is 18.5 Å². The highest BCUT2D eigenvalue weighted by molar-refractivity contribution is 7.87. The molecule has 2 aliphatic carbocycles. The van der Waals surface area contributed by atoms with E-state index in [4.69, 9.17) is 28.4 Å². The van der Waals surface area contributed by atoms with Crippen molar-refractivity contribution in [3.05, 3.63) is 83.8 Å². The summed E-state index contributed by atoms with van der Waals surface area (Å²) in [4.78, 5) is 73.1. The molecule has 15 atom stereocenters. The Hall–Kier alpha value is -7.58. The summed E-state index contributed by atoms with van der Waals surface area (Å²) < 4.78 is 141. The Labute approximate surface area is 552 Å². The maximum atomic E-state index is 14.6. The molecule has 4 heterocycles. The molecule has 36 nitrogen and oxygen atoms in total. The first kappa shape index (κ1) is 73.7. The van der Waals surface area contributed by atoms with Crippen molar-refractivity contribution in [2.24, 2.45) is 11.8 Å². The number of carboxylic acid groups (broad SMARTS) is 1. The number of carbonyl (C=O) groups excluding carboxylic acids is 4. The largest absolute Gasteiger partial charge is 0.493 e. The molecule has 0 bridgehead atoms. The molecule has 530 valence electrons. The number of anilines is 1. The average Bonchev–Trinajstić information content (AvgIpc) is 0.782. The van der Waals surface area contributed by atoms with Gasteiger partial charge in [-0.1, -0.05) is 55.5 Å². The molecule has 2 aromatic heterocycles. The second-order valence-electron chi connectivity index (χ2n) is 23.8. The van der Waals surface area contributed by atoms with Crippen LogP contribution in [0.2, 0.25) is 0 Å². The number of aromatic hydroxyl groups is 2. The molecule has 2 saturated carbocycles. The van der Waals surface area contributed by atoms with E-state index >= 15 is 0 Å². The molecule has 0 spiro atoms. The number of aliphatic hydroxyl groups excluding tert-OH is 5. The van der Waals surface area contributed by atoms with Gasteiger partial charge in [0.05, 0.1) is 58.1 Å². The number of aliphatic carboxylic acids is 1. The molecule has 2 saturated heterocycles. The zero-order valence-electron chi connectivity index (χ0n) is 51.3. The number of rotatable bonds is 26. The van der Waals surface area contributed by atoms with Crippen LogP contribution in [0.5, 0.6) is 11.9 Å². The molecule has 2 aliphatic heterocycles. The summed E-state index contributed by atoms with van der Waals surface area (Å²) in [6.07, 6.45) is -18.6. The number of amides is 3. The molecule has 4 fully saturated rings. The predicted molar refractivity (Wildman–Crippen MR) is 324 cm³/mol. The predicted octanol–water partition coefficient (Wildman–Crippen LogP) is -0.631. The van der Waals surface area contributed by atoms with Crippen molar-refractivity contribution >= 4 is 76.5 Å². The minimum Gasteiger partial charge on any atom is -0.493 e. The number of carboxylic acids is 1. The van der Waals surface area contributed by atoms with E-state index in [-0.39, 0.29) is 50.3 Å². The second-order valence-corrected chi connectivity index (χ2v) is 28.0. The highest BCUT2D eigenvalue weighted by Crippen LogP contribution is 2.40. The number of carbonyl (C=O) groups is 5. The van der Waals surface area contributed by atoms with E-state index in [2.05, 4.69) is 36.2 Å². The van der Waals surface area contributed by atoms with E-state index in [1.807, 2.05) is 0 Å². The van der Waals surface area contributed by atoms with Crippen LogP contribution in [-0.2, 0) is 86.1 Å². The lowest BCUT2D eigenvalue weighted by atomic mass is 9.80. The number of esters is 1. The molecule has 0 radical (unpaired) electrons. The lowest BCUT2D eigenvalue weighted by Crippen LogP contribution is -2.65. The van der Waals surface area contributed by atoms with Crippen molar-refractivity contribution < 1.29 is 132 Å². The summed E-state index contributed by atoms with van der Waals surface area (Å²) in [5.41, 5.74) is -0.953. The summed E-state index contributed by atoms with van der Waals surface area (Å²) in [5, 5.41) is 101. The van der Waals surface area contributed by atoms with Gasteiger partial charge in [0.1, 0.15) is 53.3 Å². The van der Waals surface area contributed by atoms with Crippen molar-refractivity contribution in [1.29, 1.82) is 0 Å². The Morgan fingerprint density at radius 1 is 0.773 bits per heavy atom. The van der Waals surface area contributed by atoms with Gasteiger partial charge >= 0.3 is 17.9 Å². The normalized spacial score (nSPS) is 26.9. The standard InChI is InChI=1S/C58H72N8O28S3/c1-27-45(70)47(72)48(73)56(89-27)94-49-36(61-53(75)37-24-43(69)63-58(79)62-37)20-31(21-38(49)91-57-51(93-55(78)29-11-6-3-7-12-29)50(46(71)40(26-67)92-57)90-39(54(76)77)17-28-9-4-2-5-10-28)52(74)59-15-8-13-32-25-66(65-64-32)16-14-42(68)60-35-22-33(95(80,81)82)18-30-19-34(96(83,84)85)23-41(44(30)35)97(86,87)88/h3,6-7,11-12,18-19,22-25,27-28,31,36,38-40,45-51,56-57,67,70-73H,2,4-5,8-10,13-17,20-21,26H2,1H3,(H,59,74)(H,60,68)(H,61,75)(H,76,77)(H,80,81,82)(H,83,84,85)(H,86,87,88)(H2,62,63,69,79)/t27?,31?,36?,38?,39-,40?,45?,46?,47?,48?,49?,50?,51?,56?,57?/m0/s1. The van der Waals surface area contributed by atoms with E-state index in [1.54, 1.807) is 6.07 Å². The van der Waals surface area contributed by atoms with Crippen LogP contribution < -0.4 is 16.0 Å². The number of nitrogens with one attached hydrogen (secondary N) is 3. The summed E-state index contributed by atoms with van der Waals surface area (Å²) in [6.45, 7) is 0.0610. The average molecular weight is 1430 g/mol. The molecule has 97 heavy (non-hydrogen) atoms. The van der Waals surface area contributed by atoms with E-state index < -0.39 is 220 Å². The number of aliphatic hydroxyl groups is 5. The maximum absolute atomic E-state index is 14.6. The van der Waals surface area contributed by atoms with Gasteiger partial charge in [0.2, 0.25) is 17.7 Å².